The number of rotatable bonds is 6. The molecule has 1 saturated carbocycles. The first-order chi connectivity index (χ1) is 26.5. The molecule has 3 aliphatic rings. The smallest absolute Gasteiger partial charge is 0.225 e. The molecule has 0 radical (unpaired) electrons. The molecule has 7 aromatic rings. The fourth-order valence-corrected chi connectivity index (χ4v) is 9.36. The molecule has 56 heavy (non-hydrogen) atoms. The standard InChI is InChI=1S/C50H49N4O.Pt/c1-49(2,3)36-25-26-51-48(30-36)52-44-20-11-10-19-42(44)43-24-23-41(32-45(43)52)55-40-18-14-17-38(31-40)53-33-54(53,47-22-13-12-21-46(47)53)39-28-35(34-15-8-7-9-16-34)27-37(29-39)50(4,5)6;/h10-14,17-30,33-34H,7-9,15-16H2,1-6H3;/q-1;/t53?,54-;/m0./s1. The number of quaternary nitrogens is 2. The Labute approximate surface area is 346 Å². The molecule has 0 bridgehead atoms. The van der Waals surface area contributed by atoms with Crippen molar-refractivity contribution in [1.82, 2.24) is 18.7 Å². The fourth-order valence-electron chi connectivity index (χ4n) is 9.36. The number of aromatic nitrogens is 2. The first-order valence-electron chi connectivity index (χ1n) is 20.0. The van der Waals surface area contributed by atoms with E-state index in [-0.39, 0.29) is 31.9 Å². The van der Waals surface area contributed by atoms with Gasteiger partial charge in [-0.3, -0.25) is 0 Å². The van der Waals surface area contributed by atoms with Crippen LogP contribution in [0.2, 0.25) is 0 Å². The van der Waals surface area contributed by atoms with Crippen LogP contribution in [0.25, 0.3) is 27.6 Å². The Morgan fingerprint density at radius 1 is 0.679 bits per heavy atom. The van der Waals surface area contributed by atoms with Gasteiger partial charge in [0.05, 0.1) is 5.69 Å². The molecule has 6 heteroatoms. The van der Waals surface area contributed by atoms with E-state index in [1.54, 1.807) is 0 Å². The first kappa shape index (κ1) is 37.1. The summed E-state index contributed by atoms with van der Waals surface area (Å²) in [7, 11) is 0. The molecular weight excluding hydrogens is 868 g/mol. The van der Waals surface area contributed by atoms with Crippen molar-refractivity contribution in [2.24, 2.45) is 0 Å². The third-order valence-corrected chi connectivity index (χ3v) is 12.4. The van der Waals surface area contributed by atoms with Gasteiger partial charge in [0.2, 0.25) is 11.4 Å². The van der Waals surface area contributed by atoms with Gasteiger partial charge >= 0.3 is 0 Å². The van der Waals surface area contributed by atoms with Gasteiger partial charge in [0.25, 0.3) is 0 Å². The van der Waals surface area contributed by atoms with Crippen molar-refractivity contribution in [3.05, 3.63) is 151 Å². The predicted molar refractivity (Wildman–Crippen MR) is 226 cm³/mol. The summed E-state index contributed by atoms with van der Waals surface area (Å²) in [6.07, 6.45) is 8.48. The Balaban J connectivity index is 0.00000410. The molecule has 0 spiro atoms. The van der Waals surface area contributed by atoms with Gasteiger partial charge in [-0.25, -0.2) is 9.58 Å². The van der Waals surface area contributed by atoms with Crippen molar-refractivity contribution in [3.63, 3.8) is 0 Å². The van der Waals surface area contributed by atoms with Crippen LogP contribution in [-0.2, 0) is 31.9 Å². The van der Waals surface area contributed by atoms with E-state index in [2.05, 4.69) is 162 Å². The van der Waals surface area contributed by atoms with Gasteiger partial charge in [-0.2, -0.15) is 16.7 Å². The summed E-state index contributed by atoms with van der Waals surface area (Å²) in [5.74, 6) is 2.82. The van der Waals surface area contributed by atoms with E-state index in [1.165, 1.54) is 65.9 Å². The van der Waals surface area contributed by atoms with E-state index in [0.717, 1.165) is 33.3 Å². The van der Waals surface area contributed by atoms with E-state index >= 15 is 0 Å². The number of para-hydroxylation sites is 3. The number of pyridine rings is 1. The normalized spacial score (nSPS) is 20.5. The van der Waals surface area contributed by atoms with Crippen LogP contribution in [0.15, 0.2) is 115 Å². The van der Waals surface area contributed by atoms with Crippen molar-refractivity contribution in [1.29, 1.82) is 0 Å². The third kappa shape index (κ3) is 5.64. The molecule has 286 valence electrons. The SMILES string of the molecule is CC(C)(C)c1cc(C2CCCCC2)cc([N@+]23[CH-][N+]2(c2[c-]c(Oc4[c-]c5c(cc4)c4ccccc4n5-c4cc(C(C)(C)C)ccn4)ccc2)c2ccccc23)c1.[Pt]. The van der Waals surface area contributed by atoms with Gasteiger partial charge < -0.3 is 9.30 Å². The third-order valence-electron chi connectivity index (χ3n) is 12.4. The number of hydrogen-bond acceptors (Lipinski definition) is 2. The van der Waals surface area contributed by atoms with Crippen LogP contribution in [0.5, 0.6) is 11.5 Å². The Bertz CT molecular complexity index is 2640. The number of benzene rings is 5. The van der Waals surface area contributed by atoms with Crippen LogP contribution in [0, 0.1) is 18.8 Å². The van der Waals surface area contributed by atoms with E-state index < -0.39 is 0 Å². The zero-order chi connectivity index (χ0) is 37.7. The van der Waals surface area contributed by atoms with E-state index in [0.29, 0.717) is 26.6 Å². The average Bonchev–Trinajstić information content (AvgIpc) is 3.68. The van der Waals surface area contributed by atoms with Gasteiger partial charge in [-0.1, -0.05) is 109 Å². The molecular formula is C50H49N4OPt-. The molecule has 0 amide bonds. The van der Waals surface area contributed by atoms with Crippen molar-refractivity contribution in [3.8, 4) is 17.3 Å². The molecule has 2 aromatic heterocycles. The summed E-state index contributed by atoms with van der Waals surface area (Å²) in [6, 6.07) is 47.1. The topological polar surface area (TPSA) is 27.1 Å². The van der Waals surface area contributed by atoms with Gasteiger partial charge in [-0.15, -0.1) is 29.7 Å². The Morgan fingerprint density at radius 3 is 2.16 bits per heavy atom. The maximum absolute atomic E-state index is 6.69. The van der Waals surface area contributed by atoms with Crippen molar-refractivity contribution >= 4 is 44.6 Å². The minimum absolute atomic E-state index is 0. The van der Waals surface area contributed by atoms with Crippen molar-refractivity contribution in [2.45, 2.75) is 90.4 Å². The van der Waals surface area contributed by atoms with Crippen LogP contribution in [-0.4, -0.2) is 9.55 Å². The fraction of sp³-hybridized carbons (Fsp3) is 0.280. The monoisotopic (exact) mass is 916 g/mol. The zero-order valence-electron chi connectivity index (χ0n) is 33.2. The maximum Gasteiger partial charge on any atom is 0.225 e. The van der Waals surface area contributed by atoms with E-state index in [9.17, 15) is 0 Å². The van der Waals surface area contributed by atoms with Gasteiger partial charge in [0.1, 0.15) is 5.82 Å². The number of hydrogen-bond donors (Lipinski definition) is 0. The van der Waals surface area contributed by atoms with Gasteiger partial charge in [0.15, 0.2) is 12.4 Å². The molecule has 5 aromatic carbocycles. The number of nitrogens with zero attached hydrogens (tertiary/aromatic N) is 4. The van der Waals surface area contributed by atoms with Gasteiger partial charge in [0, 0.05) is 68.5 Å². The molecule has 5 nitrogen and oxygen atoms in total. The van der Waals surface area contributed by atoms with Crippen LogP contribution in [0.4, 0.5) is 22.7 Å². The Hall–Kier alpha value is -4.54. The molecule has 2 aliphatic heterocycles. The zero-order valence-corrected chi connectivity index (χ0v) is 35.4. The second-order valence-electron chi connectivity index (χ2n) is 18.0. The largest absolute Gasteiger partial charge is 0.509 e. The quantitative estimate of drug-likeness (QED) is 0.0944. The van der Waals surface area contributed by atoms with Crippen LogP contribution in [0.1, 0.15) is 96.3 Å². The minimum Gasteiger partial charge on any atom is -0.509 e. The average molecular weight is 917 g/mol. The molecule has 1 unspecified atom stereocenters. The summed E-state index contributed by atoms with van der Waals surface area (Å²) in [5.41, 5.74) is 11.2. The minimum atomic E-state index is -0.00337. The van der Waals surface area contributed by atoms with Crippen LogP contribution >= 0.6 is 0 Å². The molecule has 1 saturated heterocycles. The summed E-state index contributed by atoms with van der Waals surface area (Å²) in [4.78, 5) is 4.86. The van der Waals surface area contributed by atoms with Crippen LogP contribution in [0.3, 0.4) is 0 Å². The van der Waals surface area contributed by atoms with E-state index in [4.69, 9.17) is 9.72 Å². The summed E-state index contributed by atoms with van der Waals surface area (Å²) < 4.78 is 10.2. The van der Waals surface area contributed by atoms with Gasteiger partial charge in [-0.05, 0) is 69.9 Å². The van der Waals surface area contributed by atoms with Crippen molar-refractivity contribution < 1.29 is 25.8 Å². The Morgan fingerprint density at radius 2 is 1.39 bits per heavy atom. The molecule has 10 rings (SSSR count). The molecule has 0 N–H and O–H groups in total. The van der Waals surface area contributed by atoms with E-state index in [1.807, 2.05) is 18.3 Å². The molecule has 1 aliphatic carbocycles. The second kappa shape index (κ2) is 13.3. The summed E-state index contributed by atoms with van der Waals surface area (Å²) in [5, 5.41) is 2.28. The molecule has 4 heterocycles. The predicted octanol–water partition coefficient (Wildman–Crippen LogP) is 13.6. The Kier molecular flexibility index (Phi) is 8.78. The van der Waals surface area contributed by atoms with Crippen molar-refractivity contribution in [2.75, 3.05) is 0 Å². The first-order valence-corrected chi connectivity index (χ1v) is 20.0. The second-order valence-corrected chi connectivity index (χ2v) is 18.0. The molecule has 2 fully saturated rings. The summed E-state index contributed by atoms with van der Waals surface area (Å²) >= 11 is 0. The van der Waals surface area contributed by atoms with Crippen LogP contribution < -0.4 is 13.9 Å². The summed E-state index contributed by atoms with van der Waals surface area (Å²) in [6.45, 7) is 16.2. The molecule has 2 atom stereocenters. The maximum atomic E-state index is 6.69. The number of ether oxygens (including phenoxy) is 1. The number of fused-ring (bicyclic) bond motifs is 7.